The fraction of sp³-hybridized carbons (Fsp3) is 0.267. The van der Waals surface area contributed by atoms with E-state index in [0.29, 0.717) is 17.4 Å². The Labute approximate surface area is 230 Å². The lowest BCUT2D eigenvalue weighted by Gasteiger charge is -2.28. The van der Waals surface area contributed by atoms with Crippen molar-refractivity contribution in [3.63, 3.8) is 0 Å². The van der Waals surface area contributed by atoms with Crippen molar-refractivity contribution in [1.29, 1.82) is 0 Å². The van der Waals surface area contributed by atoms with Crippen molar-refractivity contribution < 1.29 is 13.2 Å². The van der Waals surface area contributed by atoms with E-state index in [4.69, 9.17) is 4.74 Å². The van der Waals surface area contributed by atoms with Gasteiger partial charge in [0.25, 0.3) is 10.0 Å². The summed E-state index contributed by atoms with van der Waals surface area (Å²) in [6, 6.07) is 23.6. The number of sulfonamides is 1. The van der Waals surface area contributed by atoms with Crippen LogP contribution in [0.15, 0.2) is 90.1 Å². The van der Waals surface area contributed by atoms with Gasteiger partial charge in [-0.3, -0.25) is 4.72 Å². The molecule has 1 aliphatic heterocycles. The van der Waals surface area contributed by atoms with Gasteiger partial charge in [-0.2, -0.15) is 0 Å². The first-order valence-corrected chi connectivity index (χ1v) is 14.5. The second kappa shape index (κ2) is 11.8. The molecule has 1 saturated heterocycles. The molecule has 1 aromatic heterocycles. The minimum atomic E-state index is -3.65. The molecular formula is C30H33N5O3S. The van der Waals surface area contributed by atoms with Crippen LogP contribution in [-0.4, -0.2) is 50.0 Å². The van der Waals surface area contributed by atoms with Crippen molar-refractivity contribution in [2.75, 3.05) is 36.8 Å². The number of ether oxygens (including phenoxy) is 1. The van der Waals surface area contributed by atoms with Crippen molar-refractivity contribution in [2.24, 2.45) is 5.92 Å². The van der Waals surface area contributed by atoms with Crippen LogP contribution in [0, 0.1) is 12.8 Å². The zero-order valence-electron chi connectivity index (χ0n) is 22.2. The molecule has 0 amide bonds. The molecule has 0 spiro atoms. The Kier molecular flexibility index (Phi) is 8.09. The van der Waals surface area contributed by atoms with Gasteiger partial charge in [0, 0.05) is 23.0 Å². The zero-order valence-corrected chi connectivity index (χ0v) is 23.0. The van der Waals surface area contributed by atoms with Crippen molar-refractivity contribution >= 4 is 27.2 Å². The lowest BCUT2D eigenvalue weighted by atomic mass is 9.98. The van der Waals surface area contributed by atoms with Crippen molar-refractivity contribution in [3.05, 3.63) is 90.8 Å². The number of anilines is 3. The van der Waals surface area contributed by atoms with Crippen molar-refractivity contribution in [2.45, 2.75) is 24.7 Å². The van der Waals surface area contributed by atoms with Gasteiger partial charge in [-0.25, -0.2) is 18.4 Å². The van der Waals surface area contributed by atoms with Gasteiger partial charge < -0.3 is 15.0 Å². The highest BCUT2D eigenvalue weighted by atomic mass is 32.2. The molecule has 0 aliphatic carbocycles. The second-order valence-corrected chi connectivity index (χ2v) is 11.7. The van der Waals surface area contributed by atoms with Crippen LogP contribution in [0.4, 0.5) is 17.2 Å². The lowest BCUT2D eigenvalue weighted by Crippen LogP contribution is -2.32. The third-order valence-electron chi connectivity index (χ3n) is 6.88. The molecule has 1 fully saturated rings. The molecule has 2 heterocycles. The molecule has 39 heavy (non-hydrogen) atoms. The van der Waals surface area contributed by atoms with Gasteiger partial charge in [0.05, 0.1) is 17.2 Å². The molecule has 0 radical (unpaired) electrons. The van der Waals surface area contributed by atoms with Gasteiger partial charge in [-0.15, -0.1) is 0 Å². The average molecular weight is 544 g/mol. The number of aromatic nitrogens is 2. The highest BCUT2D eigenvalue weighted by Gasteiger charge is 2.17. The fourth-order valence-electron chi connectivity index (χ4n) is 4.45. The van der Waals surface area contributed by atoms with Gasteiger partial charge in [0.2, 0.25) is 0 Å². The van der Waals surface area contributed by atoms with E-state index >= 15 is 0 Å². The van der Waals surface area contributed by atoms with Crippen LogP contribution in [0.25, 0.3) is 11.3 Å². The standard InChI is InChI=1S/C30H33N5O3S/c1-22-3-13-28(14-4-22)39(36,37)34-26-9-7-25(8-10-26)33-30-19-29(31-21-32-30)24-5-11-27(12-6-24)38-20-23-15-17-35(2)18-16-23/h3-14,19,21,23,34H,15-18,20H2,1-2H3,(H,31,32,33). The highest BCUT2D eigenvalue weighted by Crippen LogP contribution is 2.25. The lowest BCUT2D eigenvalue weighted by molar-refractivity contribution is 0.160. The van der Waals surface area contributed by atoms with Crippen LogP contribution in [0.1, 0.15) is 18.4 Å². The number of likely N-dealkylation sites (tertiary alicyclic amines) is 1. The van der Waals surface area contributed by atoms with Crippen LogP contribution in [0.2, 0.25) is 0 Å². The Morgan fingerprint density at radius 3 is 2.26 bits per heavy atom. The minimum Gasteiger partial charge on any atom is -0.493 e. The number of hydrogen-bond donors (Lipinski definition) is 2. The minimum absolute atomic E-state index is 0.223. The maximum absolute atomic E-state index is 12.6. The van der Waals surface area contributed by atoms with Crippen LogP contribution in [0.3, 0.4) is 0 Å². The van der Waals surface area contributed by atoms with Crippen LogP contribution in [0.5, 0.6) is 5.75 Å². The first-order chi connectivity index (χ1) is 18.8. The van der Waals surface area contributed by atoms with Gasteiger partial charge in [-0.05, 0) is 106 Å². The first-order valence-electron chi connectivity index (χ1n) is 13.0. The SMILES string of the molecule is Cc1ccc(S(=O)(=O)Nc2ccc(Nc3cc(-c4ccc(OCC5CCN(C)CC5)cc4)ncn3)cc2)cc1. The maximum atomic E-state index is 12.6. The molecule has 0 saturated carbocycles. The topological polar surface area (TPSA) is 96.5 Å². The molecule has 1 aliphatic rings. The predicted molar refractivity (Wildman–Crippen MR) is 155 cm³/mol. The zero-order chi connectivity index (χ0) is 27.2. The number of hydrogen-bond acceptors (Lipinski definition) is 7. The summed E-state index contributed by atoms with van der Waals surface area (Å²) in [4.78, 5) is 11.3. The Morgan fingerprint density at radius 2 is 1.56 bits per heavy atom. The normalized spacial score (nSPS) is 14.6. The van der Waals surface area contributed by atoms with Gasteiger partial charge in [-0.1, -0.05) is 17.7 Å². The van der Waals surface area contributed by atoms with Gasteiger partial charge >= 0.3 is 0 Å². The van der Waals surface area contributed by atoms with E-state index in [1.54, 1.807) is 48.5 Å². The van der Waals surface area contributed by atoms with E-state index in [-0.39, 0.29) is 4.90 Å². The molecular weight excluding hydrogens is 510 g/mol. The van der Waals surface area contributed by atoms with Crippen molar-refractivity contribution in [3.8, 4) is 17.0 Å². The Balaban J connectivity index is 1.18. The predicted octanol–water partition coefficient (Wildman–Crippen LogP) is 5.72. The van der Waals surface area contributed by atoms with Gasteiger partial charge in [0.1, 0.15) is 17.9 Å². The summed E-state index contributed by atoms with van der Waals surface area (Å²) in [7, 11) is -1.49. The molecule has 0 atom stereocenters. The number of rotatable bonds is 9. The molecule has 0 bridgehead atoms. The fourth-order valence-corrected chi connectivity index (χ4v) is 5.51. The van der Waals surface area contributed by atoms with E-state index < -0.39 is 10.0 Å². The van der Waals surface area contributed by atoms with E-state index in [9.17, 15) is 8.42 Å². The molecule has 4 aromatic rings. The summed E-state index contributed by atoms with van der Waals surface area (Å²) < 4.78 is 34.0. The summed E-state index contributed by atoms with van der Waals surface area (Å²) in [5.74, 6) is 2.11. The number of nitrogens with zero attached hydrogens (tertiary/aromatic N) is 3. The Morgan fingerprint density at radius 1 is 0.897 bits per heavy atom. The highest BCUT2D eigenvalue weighted by molar-refractivity contribution is 7.92. The smallest absolute Gasteiger partial charge is 0.261 e. The second-order valence-electron chi connectivity index (χ2n) is 9.99. The number of piperidine rings is 1. The van der Waals surface area contributed by atoms with Crippen LogP contribution in [-0.2, 0) is 10.0 Å². The van der Waals surface area contributed by atoms with Crippen LogP contribution >= 0.6 is 0 Å². The Bertz CT molecular complexity index is 1480. The first kappa shape index (κ1) is 26.6. The third kappa shape index (κ3) is 7.13. The van der Waals surface area contributed by atoms with E-state index in [1.165, 1.54) is 19.2 Å². The summed E-state index contributed by atoms with van der Waals surface area (Å²) in [6.45, 7) is 4.93. The summed E-state index contributed by atoms with van der Waals surface area (Å²) in [6.07, 6.45) is 3.88. The quantitative estimate of drug-likeness (QED) is 0.279. The molecule has 202 valence electrons. The largest absolute Gasteiger partial charge is 0.493 e. The summed E-state index contributed by atoms with van der Waals surface area (Å²) >= 11 is 0. The van der Waals surface area contributed by atoms with E-state index in [0.717, 1.165) is 48.0 Å². The average Bonchev–Trinajstić information content (AvgIpc) is 2.94. The third-order valence-corrected chi connectivity index (χ3v) is 8.28. The molecule has 2 N–H and O–H groups in total. The van der Waals surface area contributed by atoms with Crippen LogP contribution < -0.4 is 14.8 Å². The summed E-state index contributed by atoms with van der Waals surface area (Å²) in [5.41, 5.74) is 4.00. The molecule has 0 unspecified atom stereocenters. The molecule has 8 nitrogen and oxygen atoms in total. The van der Waals surface area contributed by atoms with E-state index in [1.807, 2.05) is 37.3 Å². The molecule has 9 heteroatoms. The number of benzene rings is 3. The van der Waals surface area contributed by atoms with E-state index in [2.05, 4.69) is 32.0 Å². The number of aryl methyl sites for hydroxylation is 1. The Hall–Kier alpha value is -3.95. The summed E-state index contributed by atoms with van der Waals surface area (Å²) in [5, 5.41) is 3.26. The maximum Gasteiger partial charge on any atom is 0.261 e. The molecule has 5 rings (SSSR count). The van der Waals surface area contributed by atoms with Crippen molar-refractivity contribution in [1.82, 2.24) is 14.9 Å². The van der Waals surface area contributed by atoms with Gasteiger partial charge in [0.15, 0.2) is 0 Å². The molecule has 3 aromatic carbocycles. The number of nitrogens with one attached hydrogen (secondary N) is 2. The monoisotopic (exact) mass is 543 g/mol.